The molecular weight excluding hydrogens is 210 g/mol. The Bertz CT molecular complexity index is 383. The van der Waals surface area contributed by atoms with Crippen molar-refractivity contribution in [3.8, 4) is 5.75 Å². The maximum atomic E-state index is 6.24. The zero-order valence-electron chi connectivity index (χ0n) is 11.2. The van der Waals surface area contributed by atoms with Crippen LogP contribution in [-0.4, -0.2) is 19.2 Å². The number of hydrogen-bond donors (Lipinski definition) is 1. The molecule has 0 unspecified atom stereocenters. The maximum absolute atomic E-state index is 6.24. The summed E-state index contributed by atoms with van der Waals surface area (Å²) in [5.74, 6) is 1.03. The molecule has 0 spiro atoms. The van der Waals surface area contributed by atoms with Gasteiger partial charge in [0.2, 0.25) is 0 Å². The van der Waals surface area contributed by atoms with Crippen LogP contribution in [0.25, 0.3) is 0 Å². The van der Waals surface area contributed by atoms with Crippen LogP contribution in [0.15, 0.2) is 18.2 Å². The Hall–Kier alpha value is -1.02. The van der Waals surface area contributed by atoms with E-state index >= 15 is 0 Å². The maximum Gasteiger partial charge on any atom is 0.120 e. The number of benzene rings is 1. The normalized spacial score (nSPS) is 17.6. The number of rotatable bonds is 5. The molecule has 0 heterocycles. The molecule has 0 bridgehead atoms. The zero-order valence-corrected chi connectivity index (χ0v) is 11.2. The molecule has 1 aliphatic rings. The van der Waals surface area contributed by atoms with Gasteiger partial charge in [0.15, 0.2) is 0 Å². The fraction of sp³-hybridized carbons (Fsp3) is 0.600. The zero-order chi connectivity index (χ0) is 12.3. The molecule has 1 aromatic rings. The fourth-order valence-electron chi connectivity index (χ4n) is 2.35. The molecule has 1 aromatic carbocycles. The molecular formula is C15H23NO. The van der Waals surface area contributed by atoms with Crippen molar-refractivity contribution >= 4 is 0 Å². The second kappa shape index (κ2) is 5.09. The first-order valence-corrected chi connectivity index (χ1v) is 6.56. The van der Waals surface area contributed by atoms with Crippen LogP contribution < -0.4 is 10.1 Å². The minimum Gasteiger partial charge on any atom is -0.487 e. The Morgan fingerprint density at radius 3 is 2.53 bits per heavy atom. The van der Waals surface area contributed by atoms with Crippen molar-refractivity contribution in [1.29, 1.82) is 0 Å². The summed E-state index contributed by atoms with van der Waals surface area (Å²) < 4.78 is 6.24. The Morgan fingerprint density at radius 1 is 1.24 bits per heavy atom. The van der Waals surface area contributed by atoms with Gasteiger partial charge in [-0.1, -0.05) is 6.07 Å². The highest BCUT2D eigenvalue weighted by Crippen LogP contribution is 2.39. The second-order valence-corrected chi connectivity index (χ2v) is 5.24. The summed E-state index contributed by atoms with van der Waals surface area (Å²) in [4.78, 5) is 0. The molecule has 0 saturated heterocycles. The van der Waals surface area contributed by atoms with Crippen LogP contribution in [0, 0.1) is 13.8 Å². The largest absolute Gasteiger partial charge is 0.487 e. The third kappa shape index (κ3) is 2.81. The van der Waals surface area contributed by atoms with Crippen molar-refractivity contribution in [3.05, 3.63) is 29.3 Å². The Balaban J connectivity index is 2.05. The van der Waals surface area contributed by atoms with Crippen LogP contribution >= 0.6 is 0 Å². The lowest BCUT2D eigenvalue weighted by Crippen LogP contribution is -2.45. The van der Waals surface area contributed by atoms with Crippen molar-refractivity contribution in [1.82, 2.24) is 5.32 Å². The predicted octanol–water partition coefficient (Wildman–Crippen LogP) is 3.21. The highest BCUT2D eigenvalue weighted by atomic mass is 16.5. The monoisotopic (exact) mass is 233 g/mol. The first-order chi connectivity index (χ1) is 8.15. The number of aryl methyl sites for hydroxylation is 2. The van der Waals surface area contributed by atoms with Gasteiger partial charge in [-0.25, -0.2) is 0 Å². The summed E-state index contributed by atoms with van der Waals surface area (Å²) in [5.41, 5.74) is 2.74. The van der Waals surface area contributed by atoms with Crippen LogP contribution in [0.5, 0.6) is 5.75 Å². The lowest BCUT2D eigenvalue weighted by atomic mass is 9.77. The summed E-state index contributed by atoms with van der Waals surface area (Å²) in [6.45, 7) is 5.31. The van der Waals surface area contributed by atoms with Crippen LogP contribution in [0.4, 0.5) is 0 Å². The van der Waals surface area contributed by atoms with Gasteiger partial charge in [0.05, 0.1) is 0 Å². The fourth-order valence-corrected chi connectivity index (χ4v) is 2.35. The van der Waals surface area contributed by atoms with Crippen molar-refractivity contribution < 1.29 is 4.74 Å². The van der Waals surface area contributed by atoms with E-state index in [1.807, 2.05) is 7.05 Å². The molecule has 1 aliphatic carbocycles. The van der Waals surface area contributed by atoms with E-state index in [1.54, 1.807) is 0 Å². The number of hydrogen-bond acceptors (Lipinski definition) is 2. The second-order valence-electron chi connectivity index (χ2n) is 5.24. The van der Waals surface area contributed by atoms with Crippen molar-refractivity contribution in [2.75, 3.05) is 13.6 Å². The summed E-state index contributed by atoms with van der Waals surface area (Å²) >= 11 is 0. The first-order valence-electron chi connectivity index (χ1n) is 6.56. The molecule has 0 aliphatic heterocycles. The summed E-state index contributed by atoms with van der Waals surface area (Å²) in [6, 6.07) is 6.41. The summed E-state index contributed by atoms with van der Waals surface area (Å²) in [7, 11) is 2.00. The topological polar surface area (TPSA) is 21.3 Å². The van der Waals surface area contributed by atoms with Crippen molar-refractivity contribution in [2.24, 2.45) is 0 Å². The average molecular weight is 233 g/mol. The third-order valence-electron chi connectivity index (χ3n) is 3.91. The predicted molar refractivity (Wildman–Crippen MR) is 71.7 cm³/mol. The molecule has 0 radical (unpaired) electrons. The van der Waals surface area contributed by atoms with Gasteiger partial charge in [-0.15, -0.1) is 0 Å². The van der Waals surface area contributed by atoms with E-state index in [4.69, 9.17) is 4.74 Å². The smallest absolute Gasteiger partial charge is 0.120 e. The standard InChI is InChI=1S/C15H23NO/c1-12-5-6-14(11-13(12)2)17-15(7-4-8-15)9-10-16-3/h5-6,11,16H,4,7-10H2,1-3H3. The average Bonchev–Trinajstić information content (AvgIpc) is 2.27. The van der Waals surface area contributed by atoms with Crippen molar-refractivity contribution in [3.63, 3.8) is 0 Å². The lowest BCUT2D eigenvalue weighted by molar-refractivity contribution is -0.0139. The molecule has 0 atom stereocenters. The molecule has 1 fully saturated rings. The minimum atomic E-state index is 0.102. The van der Waals surface area contributed by atoms with E-state index < -0.39 is 0 Å². The first kappa shape index (κ1) is 12.4. The van der Waals surface area contributed by atoms with Gasteiger partial charge < -0.3 is 10.1 Å². The van der Waals surface area contributed by atoms with E-state index in [-0.39, 0.29) is 5.60 Å². The van der Waals surface area contributed by atoms with E-state index in [1.165, 1.54) is 30.4 Å². The minimum absolute atomic E-state index is 0.102. The molecule has 1 saturated carbocycles. The SMILES string of the molecule is CNCCC1(Oc2ccc(C)c(C)c2)CCC1. The molecule has 94 valence electrons. The quantitative estimate of drug-likeness (QED) is 0.843. The van der Waals surface area contributed by atoms with Crippen LogP contribution in [-0.2, 0) is 0 Å². The number of ether oxygens (including phenoxy) is 1. The molecule has 2 rings (SSSR count). The van der Waals surface area contributed by atoms with Gasteiger partial charge in [-0.3, -0.25) is 0 Å². The Morgan fingerprint density at radius 2 is 2.00 bits per heavy atom. The molecule has 0 aromatic heterocycles. The van der Waals surface area contributed by atoms with Gasteiger partial charge >= 0.3 is 0 Å². The van der Waals surface area contributed by atoms with Crippen molar-refractivity contribution in [2.45, 2.75) is 45.1 Å². The van der Waals surface area contributed by atoms with Gasteiger partial charge in [-0.05, 0) is 76.4 Å². The molecule has 1 N–H and O–H groups in total. The molecule has 0 amide bonds. The van der Waals surface area contributed by atoms with E-state index in [0.717, 1.165) is 18.7 Å². The van der Waals surface area contributed by atoms with Crippen LogP contribution in [0.3, 0.4) is 0 Å². The summed E-state index contributed by atoms with van der Waals surface area (Å²) in [6.07, 6.45) is 4.80. The van der Waals surface area contributed by atoms with Gasteiger partial charge in [0.1, 0.15) is 11.4 Å². The summed E-state index contributed by atoms with van der Waals surface area (Å²) in [5, 5.41) is 3.22. The van der Waals surface area contributed by atoms with Gasteiger partial charge in [0, 0.05) is 0 Å². The van der Waals surface area contributed by atoms with Crippen LogP contribution in [0.1, 0.15) is 36.8 Å². The third-order valence-corrected chi connectivity index (χ3v) is 3.91. The molecule has 2 heteroatoms. The van der Waals surface area contributed by atoms with Gasteiger partial charge in [0.25, 0.3) is 0 Å². The van der Waals surface area contributed by atoms with Gasteiger partial charge in [-0.2, -0.15) is 0 Å². The lowest BCUT2D eigenvalue weighted by Gasteiger charge is -2.42. The highest BCUT2D eigenvalue weighted by molar-refractivity contribution is 5.34. The van der Waals surface area contributed by atoms with E-state index in [0.29, 0.717) is 0 Å². The Labute approximate surface area is 104 Å². The highest BCUT2D eigenvalue weighted by Gasteiger charge is 2.38. The Kier molecular flexibility index (Phi) is 3.72. The van der Waals surface area contributed by atoms with E-state index in [2.05, 4.69) is 37.4 Å². The van der Waals surface area contributed by atoms with E-state index in [9.17, 15) is 0 Å². The molecule has 17 heavy (non-hydrogen) atoms. The molecule has 2 nitrogen and oxygen atoms in total. The number of nitrogens with one attached hydrogen (secondary N) is 1. The van der Waals surface area contributed by atoms with Crippen LogP contribution in [0.2, 0.25) is 0 Å².